The number of benzene rings is 4. The highest BCUT2D eigenvalue weighted by molar-refractivity contribution is 6.08. The molecule has 1 atom stereocenters. The lowest BCUT2D eigenvalue weighted by Gasteiger charge is -2.41. The van der Waals surface area contributed by atoms with Crippen LogP contribution in [0.5, 0.6) is 5.75 Å². The number of carbonyl (C=O) groups is 3. The average molecular weight is 768 g/mol. The molecular formula is C46H49N5O6. The van der Waals surface area contributed by atoms with Crippen molar-refractivity contribution in [1.82, 2.24) is 19.3 Å². The van der Waals surface area contributed by atoms with Gasteiger partial charge in [0.25, 0.3) is 11.8 Å². The van der Waals surface area contributed by atoms with Crippen LogP contribution < -0.4 is 4.90 Å². The molecule has 11 heteroatoms. The van der Waals surface area contributed by atoms with E-state index >= 15 is 4.79 Å². The molecule has 11 nitrogen and oxygen atoms in total. The molecule has 1 fully saturated rings. The number of ether oxygens (including phenoxy) is 2. The molecule has 294 valence electrons. The molecule has 1 saturated heterocycles. The number of carbonyl (C=O) groups excluding carboxylic acids is 3. The number of phenolic OH excluding ortho intramolecular Hbond substituents is 1. The van der Waals surface area contributed by atoms with Crippen molar-refractivity contribution < 1.29 is 29.0 Å². The van der Waals surface area contributed by atoms with Gasteiger partial charge in [0.15, 0.2) is 0 Å². The summed E-state index contributed by atoms with van der Waals surface area (Å²) in [4.78, 5) is 50.5. The molecule has 1 aromatic heterocycles. The van der Waals surface area contributed by atoms with Gasteiger partial charge in [0.1, 0.15) is 12.4 Å². The Labute approximate surface area is 333 Å². The first kappa shape index (κ1) is 38.0. The Morgan fingerprint density at radius 1 is 0.825 bits per heavy atom. The molecule has 0 unspecified atom stereocenters. The van der Waals surface area contributed by atoms with Crippen molar-refractivity contribution in [3.05, 3.63) is 142 Å². The van der Waals surface area contributed by atoms with Crippen molar-refractivity contribution >= 4 is 23.6 Å². The first-order chi connectivity index (χ1) is 27.6. The lowest BCUT2D eigenvalue weighted by molar-refractivity contribution is 0.0193. The maximum absolute atomic E-state index is 15.3. The number of phenols is 1. The molecule has 3 aliphatic rings. The summed E-state index contributed by atoms with van der Waals surface area (Å²) >= 11 is 0. The van der Waals surface area contributed by atoms with Crippen LogP contribution >= 0.6 is 0 Å². The number of anilines is 1. The van der Waals surface area contributed by atoms with Crippen LogP contribution in [0.2, 0.25) is 0 Å². The van der Waals surface area contributed by atoms with E-state index in [1.54, 1.807) is 41.1 Å². The molecule has 3 aliphatic heterocycles. The highest BCUT2D eigenvalue weighted by Crippen LogP contribution is 2.36. The molecule has 0 bridgehead atoms. The Hall–Kier alpha value is -5.91. The fraction of sp³-hybridized carbons (Fsp3) is 0.326. The Bertz CT molecular complexity index is 2280. The molecule has 4 heterocycles. The van der Waals surface area contributed by atoms with Crippen molar-refractivity contribution in [3.63, 3.8) is 0 Å². The maximum Gasteiger partial charge on any atom is 0.410 e. The molecule has 3 amide bonds. The van der Waals surface area contributed by atoms with Gasteiger partial charge in [-0.05, 0) is 90.0 Å². The molecular weight excluding hydrogens is 719 g/mol. The van der Waals surface area contributed by atoms with Crippen LogP contribution in [0.4, 0.5) is 10.5 Å². The summed E-state index contributed by atoms with van der Waals surface area (Å²) in [6.07, 6.45) is 0.942. The van der Waals surface area contributed by atoms with Gasteiger partial charge in [-0.2, -0.15) is 0 Å². The topological polar surface area (TPSA) is 108 Å². The predicted molar refractivity (Wildman–Crippen MR) is 218 cm³/mol. The number of rotatable bonds is 8. The number of amides is 3. The smallest absolute Gasteiger partial charge is 0.410 e. The van der Waals surface area contributed by atoms with E-state index in [9.17, 15) is 14.7 Å². The van der Waals surface area contributed by atoms with Crippen LogP contribution in [0.25, 0.3) is 11.3 Å². The van der Waals surface area contributed by atoms with Crippen LogP contribution in [0, 0.1) is 6.92 Å². The number of hydrogen-bond donors (Lipinski definition) is 1. The standard InChI is InChI=1S/C46H49N5O6/c1-31-40(44(53)48(3)37-13-15-39(52)16-14-37)26-43(47(31)2)41-24-34-17-18-50(46(55)57-30-32-9-5-4-6-10-32)27-36(34)25-42(41)45(54)51-28-35-12-8-7-11-33(35)23-38(51)29-49-19-21-56-22-20-49/h4-16,24-26,38,52H,17-23,27-30H2,1-3H3/t38-/m0/s1. The number of aromatic nitrogens is 1. The van der Waals surface area contributed by atoms with Gasteiger partial charge in [0, 0.05) is 87.6 Å². The number of morpholine rings is 1. The van der Waals surface area contributed by atoms with Crippen molar-refractivity contribution in [2.75, 3.05) is 51.3 Å². The zero-order valence-corrected chi connectivity index (χ0v) is 32.8. The third kappa shape index (κ3) is 7.90. The SMILES string of the molecule is Cc1c(C(=O)N(C)c2ccc(O)cc2)cc(-c2cc3c(cc2C(=O)N2Cc4ccccc4C[C@H]2CN2CCOCC2)CN(C(=O)OCc2ccccc2)CC3)n1C. The monoisotopic (exact) mass is 767 g/mol. The molecule has 57 heavy (non-hydrogen) atoms. The van der Waals surface area contributed by atoms with Crippen molar-refractivity contribution in [2.45, 2.75) is 45.5 Å². The van der Waals surface area contributed by atoms with Gasteiger partial charge in [-0.1, -0.05) is 54.6 Å². The van der Waals surface area contributed by atoms with E-state index in [1.807, 2.05) is 72.0 Å². The zero-order valence-electron chi connectivity index (χ0n) is 32.8. The van der Waals surface area contributed by atoms with Gasteiger partial charge in [-0.3, -0.25) is 14.5 Å². The second-order valence-electron chi connectivity index (χ2n) is 15.3. The second kappa shape index (κ2) is 16.3. The molecule has 4 aromatic carbocycles. The number of fused-ring (bicyclic) bond motifs is 2. The van der Waals surface area contributed by atoms with Crippen LogP contribution in [0.15, 0.2) is 97.1 Å². The molecule has 1 N–H and O–H groups in total. The summed E-state index contributed by atoms with van der Waals surface area (Å²) in [5, 5.41) is 9.84. The molecule has 0 radical (unpaired) electrons. The van der Waals surface area contributed by atoms with Gasteiger partial charge in [-0.15, -0.1) is 0 Å². The van der Waals surface area contributed by atoms with Gasteiger partial charge in [0.2, 0.25) is 0 Å². The van der Waals surface area contributed by atoms with E-state index in [1.165, 1.54) is 5.56 Å². The van der Waals surface area contributed by atoms with Crippen LogP contribution in [-0.4, -0.2) is 94.8 Å². The van der Waals surface area contributed by atoms with Gasteiger partial charge in [0.05, 0.1) is 18.8 Å². The summed E-state index contributed by atoms with van der Waals surface area (Å²) in [5.41, 5.74) is 9.24. The Kier molecular flexibility index (Phi) is 10.9. The maximum atomic E-state index is 15.3. The van der Waals surface area contributed by atoms with E-state index in [-0.39, 0.29) is 30.2 Å². The fourth-order valence-corrected chi connectivity index (χ4v) is 8.34. The minimum atomic E-state index is -0.390. The first-order valence-electron chi connectivity index (χ1n) is 19.7. The Morgan fingerprint density at radius 2 is 1.54 bits per heavy atom. The van der Waals surface area contributed by atoms with Gasteiger partial charge >= 0.3 is 6.09 Å². The fourth-order valence-electron chi connectivity index (χ4n) is 8.34. The van der Waals surface area contributed by atoms with Crippen molar-refractivity contribution in [2.24, 2.45) is 7.05 Å². The molecule has 5 aromatic rings. The Balaban J connectivity index is 1.17. The second-order valence-corrected chi connectivity index (χ2v) is 15.3. The summed E-state index contributed by atoms with van der Waals surface area (Å²) in [5.74, 6) is -0.162. The van der Waals surface area contributed by atoms with E-state index in [0.717, 1.165) is 65.3 Å². The van der Waals surface area contributed by atoms with E-state index < -0.39 is 6.09 Å². The number of aromatic hydroxyl groups is 1. The predicted octanol–water partition coefficient (Wildman–Crippen LogP) is 6.58. The third-order valence-electron chi connectivity index (χ3n) is 11.8. The molecule has 0 saturated carbocycles. The first-order valence-corrected chi connectivity index (χ1v) is 19.7. The van der Waals surface area contributed by atoms with E-state index in [0.29, 0.717) is 56.1 Å². The molecule has 8 rings (SSSR count). The highest BCUT2D eigenvalue weighted by atomic mass is 16.6. The lowest BCUT2D eigenvalue weighted by Crippen LogP contribution is -2.52. The number of hydrogen-bond acceptors (Lipinski definition) is 7. The van der Waals surface area contributed by atoms with E-state index in [4.69, 9.17) is 9.47 Å². The van der Waals surface area contributed by atoms with Crippen molar-refractivity contribution in [1.29, 1.82) is 0 Å². The van der Waals surface area contributed by atoms with E-state index in [2.05, 4.69) is 29.2 Å². The summed E-state index contributed by atoms with van der Waals surface area (Å²) in [7, 11) is 3.65. The van der Waals surface area contributed by atoms with Crippen molar-refractivity contribution in [3.8, 4) is 17.0 Å². The quantitative estimate of drug-likeness (QED) is 0.190. The van der Waals surface area contributed by atoms with Crippen LogP contribution in [-0.2, 0) is 49.1 Å². The van der Waals surface area contributed by atoms with Crippen LogP contribution in [0.1, 0.15) is 54.2 Å². The summed E-state index contributed by atoms with van der Waals surface area (Å²) in [6, 6.07) is 30.4. The average Bonchev–Trinajstić information content (AvgIpc) is 3.54. The van der Waals surface area contributed by atoms with Crippen LogP contribution in [0.3, 0.4) is 0 Å². The lowest BCUT2D eigenvalue weighted by atomic mass is 9.89. The normalized spacial score (nSPS) is 16.8. The Morgan fingerprint density at radius 3 is 2.30 bits per heavy atom. The molecule has 0 spiro atoms. The summed E-state index contributed by atoms with van der Waals surface area (Å²) in [6.45, 7) is 7.09. The largest absolute Gasteiger partial charge is 0.508 e. The number of nitrogens with zero attached hydrogens (tertiary/aromatic N) is 5. The summed E-state index contributed by atoms with van der Waals surface area (Å²) < 4.78 is 13.4. The molecule has 0 aliphatic carbocycles. The minimum Gasteiger partial charge on any atom is -0.508 e. The van der Waals surface area contributed by atoms with Gasteiger partial charge < -0.3 is 33.8 Å². The zero-order chi connectivity index (χ0) is 39.6. The van der Waals surface area contributed by atoms with Gasteiger partial charge in [-0.25, -0.2) is 4.79 Å². The highest BCUT2D eigenvalue weighted by Gasteiger charge is 2.35. The minimum absolute atomic E-state index is 0.0647. The third-order valence-corrected chi connectivity index (χ3v) is 11.8.